The molecule has 3 aliphatic carbocycles. The van der Waals surface area contributed by atoms with Crippen LogP contribution >= 0.6 is 0 Å². The summed E-state index contributed by atoms with van der Waals surface area (Å²) >= 11 is 0. The van der Waals surface area contributed by atoms with Crippen molar-refractivity contribution in [3.63, 3.8) is 0 Å². The van der Waals surface area contributed by atoms with Crippen molar-refractivity contribution in [2.45, 2.75) is 24.7 Å². The van der Waals surface area contributed by atoms with Gasteiger partial charge in [0.1, 0.15) is 11.2 Å². The maximum absolute atomic E-state index is 6.70. The number of benzene rings is 7. The van der Waals surface area contributed by atoms with Crippen LogP contribution in [0.1, 0.15) is 47.2 Å². The highest BCUT2D eigenvalue weighted by Crippen LogP contribution is 2.65. The quantitative estimate of drug-likeness (QED) is 0.210. The van der Waals surface area contributed by atoms with Crippen LogP contribution in [0.15, 0.2) is 150 Å². The minimum absolute atomic E-state index is 0.0574. The van der Waals surface area contributed by atoms with Crippen LogP contribution in [0.2, 0.25) is 0 Å². The highest BCUT2D eigenvalue weighted by atomic mass is 16.3. The maximum Gasteiger partial charge on any atom is 0.143 e. The molecule has 0 saturated carbocycles. The van der Waals surface area contributed by atoms with Gasteiger partial charge in [-0.05, 0) is 79.9 Å². The summed E-state index contributed by atoms with van der Waals surface area (Å²) < 4.78 is 6.70. The molecule has 8 aromatic rings. The number of para-hydroxylation sites is 1. The average molecular weight is 614 g/mol. The summed E-state index contributed by atoms with van der Waals surface area (Å²) in [5.41, 5.74) is 19.3. The third-order valence-electron chi connectivity index (χ3n) is 11.5. The van der Waals surface area contributed by atoms with Crippen LogP contribution in [0.4, 0.5) is 11.4 Å². The highest BCUT2D eigenvalue weighted by Gasteiger charge is 2.53. The molecule has 0 radical (unpaired) electrons. The summed E-state index contributed by atoms with van der Waals surface area (Å²) in [5, 5.41) is 6.25. The van der Waals surface area contributed by atoms with Gasteiger partial charge in [0.15, 0.2) is 0 Å². The lowest BCUT2D eigenvalue weighted by molar-refractivity contribution is 0.660. The summed E-state index contributed by atoms with van der Waals surface area (Å²) in [6.07, 6.45) is 0. The topological polar surface area (TPSA) is 25.2 Å². The predicted molar refractivity (Wildman–Crippen MR) is 197 cm³/mol. The van der Waals surface area contributed by atoms with Gasteiger partial charge < -0.3 is 9.73 Å². The lowest BCUT2D eigenvalue weighted by Crippen LogP contribution is -2.25. The number of furan rings is 1. The molecule has 1 unspecified atom stereocenters. The number of hydrogen-bond donors (Lipinski definition) is 1. The van der Waals surface area contributed by atoms with Crippen molar-refractivity contribution in [1.29, 1.82) is 0 Å². The van der Waals surface area contributed by atoms with Crippen molar-refractivity contribution in [2.75, 3.05) is 5.32 Å². The van der Waals surface area contributed by atoms with Crippen LogP contribution in [-0.2, 0) is 10.8 Å². The highest BCUT2D eigenvalue weighted by molar-refractivity contribution is 6.13. The fourth-order valence-corrected chi connectivity index (χ4v) is 9.49. The largest absolute Gasteiger partial charge is 0.455 e. The number of nitrogens with one attached hydrogen (secondary N) is 1. The van der Waals surface area contributed by atoms with Crippen LogP contribution in [0.3, 0.4) is 0 Å². The average Bonchev–Trinajstić information content (AvgIpc) is 3.81. The predicted octanol–water partition coefficient (Wildman–Crippen LogP) is 12.0. The Morgan fingerprint density at radius 2 is 1.08 bits per heavy atom. The SMILES string of the molecule is CC1(C)c2ccccc2-c2ccc(Nc3cccc4c3-c3ccccc3C43c4ccccc4-c4c3ccc3c4oc4ccccc43)cc21. The number of hydrogen-bond acceptors (Lipinski definition) is 2. The molecule has 0 saturated heterocycles. The first kappa shape index (κ1) is 26.2. The van der Waals surface area contributed by atoms with Gasteiger partial charge in [0, 0.05) is 38.7 Å². The van der Waals surface area contributed by atoms with E-state index in [1.807, 2.05) is 0 Å². The van der Waals surface area contributed by atoms with Gasteiger partial charge in [-0.1, -0.05) is 135 Å². The van der Waals surface area contributed by atoms with E-state index in [1.54, 1.807) is 0 Å². The van der Waals surface area contributed by atoms with E-state index in [-0.39, 0.29) is 5.41 Å². The molecular weight excluding hydrogens is 583 g/mol. The maximum atomic E-state index is 6.70. The molecule has 0 amide bonds. The second-order valence-electron chi connectivity index (χ2n) is 14.1. The Hall–Kier alpha value is -5.86. The van der Waals surface area contributed by atoms with E-state index in [0.717, 1.165) is 27.9 Å². The molecule has 0 bridgehead atoms. The Kier molecular flexibility index (Phi) is 4.88. The van der Waals surface area contributed by atoms with Gasteiger partial charge in [-0.15, -0.1) is 0 Å². The molecular formula is C46H31NO. The second kappa shape index (κ2) is 8.93. The fourth-order valence-electron chi connectivity index (χ4n) is 9.49. The van der Waals surface area contributed by atoms with Crippen molar-refractivity contribution in [3.05, 3.63) is 179 Å². The Morgan fingerprint density at radius 3 is 1.90 bits per heavy atom. The molecule has 1 heterocycles. The minimum atomic E-state index is -0.454. The molecule has 0 fully saturated rings. The summed E-state index contributed by atoms with van der Waals surface area (Å²) in [5.74, 6) is 0. The van der Waals surface area contributed by atoms with Gasteiger partial charge in [-0.25, -0.2) is 0 Å². The molecule has 11 rings (SSSR count). The Balaban J connectivity index is 1.15. The molecule has 48 heavy (non-hydrogen) atoms. The van der Waals surface area contributed by atoms with E-state index in [1.165, 1.54) is 72.1 Å². The molecule has 0 aliphatic heterocycles. The van der Waals surface area contributed by atoms with Crippen LogP contribution in [-0.4, -0.2) is 0 Å². The van der Waals surface area contributed by atoms with Crippen LogP contribution in [0.5, 0.6) is 0 Å². The van der Waals surface area contributed by atoms with Crippen LogP contribution in [0, 0.1) is 0 Å². The van der Waals surface area contributed by atoms with Crippen molar-refractivity contribution in [2.24, 2.45) is 0 Å². The van der Waals surface area contributed by atoms with Crippen LogP contribution < -0.4 is 5.32 Å². The number of fused-ring (bicyclic) bond motifs is 17. The molecule has 1 N–H and O–H groups in total. The Labute approximate surface area is 279 Å². The van der Waals surface area contributed by atoms with Crippen LogP contribution in [0.25, 0.3) is 55.3 Å². The Bertz CT molecular complexity index is 2690. The molecule has 1 atom stereocenters. The molecule has 2 nitrogen and oxygen atoms in total. The zero-order chi connectivity index (χ0) is 31.8. The molecule has 3 aliphatic rings. The fraction of sp³-hybridized carbons (Fsp3) is 0.0870. The van der Waals surface area contributed by atoms with E-state index >= 15 is 0 Å². The molecule has 1 spiro atoms. The summed E-state index contributed by atoms with van der Waals surface area (Å²) in [6.45, 7) is 4.69. The van der Waals surface area contributed by atoms with E-state index in [0.29, 0.717) is 0 Å². The number of anilines is 2. The first-order valence-corrected chi connectivity index (χ1v) is 16.9. The number of rotatable bonds is 2. The lowest BCUT2D eigenvalue weighted by Gasteiger charge is -2.30. The van der Waals surface area contributed by atoms with E-state index in [2.05, 4.69) is 165 Å². The molecule has 2 heteroatoms. The summed E-state index contributed by atoms with van der Waals surface area (Å²) in [7, 11) is 0. The van der Waals surface area contributed by atoms with Crippen molar-refractivity contribution in [3.8, 4) is 33.4 Å². The van der Waals surface area contributed by atoms with Crippen molar-refractivity contribution >= 4 is 33.3 Å². The van der Waals surface area contributed by atoms with Gasteiger partial charge in [-0.3, -0.25) is 0 Å². The summed E-state index contributed by atoms with van der Waals surface area (Å²) in [6, 6.07) is 53.6. The second-order valence-corrected chi connectivity index (χ2v) is 14.1. The van der Waals surface area contributed by atoms with Gasteiger partial charge in [0.25, 0.3) is 0 Å². The third kappa shape index (κ3) is 3.04. The molecule has 1 aromatic heterocycles. The van der Waals surface area contributed by atoms with Gasteiger partial charge >= 0.3 is 0 Å². The molecule has 7 aromatic carbocycles. The third-order valence-corrected chi connectivity index (χ3v) is 11.5. The van der Waals surface area contributed by atoms with Gasteiger partial charge in [0.05, 0.1) is 5.41 Å². The van der Waals surface area contributed by atoms with Gasteiger partial charge in [0.2, 0.25) is 0 Å². The summed E-state index contributed by atoms with van der Waals surface area (Å²) in [4.78, 5) is 0. The zero-order valence-corrected chi connectivity index (χ0v) is 26.8. The monoisotopic (exact) mass is 613 g/mol. The standard InChI is InChI=1S/C46H31NO/c1-45(2)34-16-7-3-12-28(34)29-23-22-27(26-39(29)45)47-40-20-11-19-37-42(40)32-14-4-8-17-35(32)46(37)36-18-9-5-15-33(36)43-38(46)25-24-31-30-13-6-10-21-41(30)48-44(31)43/h3-26,47H,1-2H3. The smallest absolute Gasteiger partial charge is 0.143 e. The molecule has 226 valence electrons. The van der Waals surface area contributed by atoms with Crippen molar-refractivity contribution < 1.29 is 4.42 Å². The zero-order valence-electron chi connectivity index (χ0n) is 26.8. The van der Waals surface area contributed by atoms with Crippen molar-refractivity contribution in [1.82, 2.24) is 0 Å². The Morgan fingerprint density at radius 1 is 0.458 bits per heavy atom. The van der Waals surface area contributed by atoms with E-state index < -0.39 is 5.41 Å². The van der Waals surface area contributed by atoms with Gasteiger partial charge in [-0.2, -0.15) is 0 Å². The first-order chi connectivity index (χ1) is 23.6. The lowest BCUT2D eigenvalue weighted by atomic mass is 9.70. The normalized spacial score (nSPS) is 17.2. The van der Waals surface area contributed by atoms with E-state index in [4.69, 9.17) is 4.42 Å². The van der Waals surface area contributed by atoms with E-state index in [9.17, 15) is 0 Å². The first-order valence-electron chi connectivity index (χ1n) is 16.9. The minimum Gasteiger partial charge on any atom is -0.455 e.